The lowest BCUT2D eigenvalue weighted by molar-refractivity contribution is -0.134. The highest BCUT2D eigenvalue weighted by atomic mass is 35.5. The number of hydrogen-bond acceptors (Lipinski definition) is 4. The van der Waals surface area contributed by atoms with E-state index in [9.17, 15) is 9.59 Å². The van der Waals surface area contributed by atoms with Crippen LogP contribution in [0.1, 0.15) is 27.2 Å². The van der Waals surface area contributed by atoms with E-state index in [1.807, 2.05) is 20.8 Å². The molecule has 1 atom stereocenters. The Morgan fingerprint density at radius 3 is 2.58 bits per heavy atom. The Morgan fingerprint density at radius 2 is 2.05 bits per heavy atom. The van der Waals surface area contributed by atoms with Crippen molar-refractivity contribution in [1.82, 2.24) is 16.0 Å². The molecule has 0 aromatic rings. The summed E-state index contributed by atoms with van der Waals surface area (Å²) in [5.41, 5.74) is -0.239. The van der Waals surface area contributed by atoms with Crippen molar-refractivity contribution in [3.63, 3.8) is 0 Å². The summed E-state index contributed by atoms with van der Waals surface area (Å²) in [4.78, 5) is 23.2. The fourth-order valence-electron chi connectivity index (χ4n) is 1.63. The van der Waals surface area contributed by atoms with Gasteiger partial charge in [-0.05, 0) is 20.8 Å². The number of halogens is 1. The summed E-state index contributed by atoms with van der Waals surface area (Å²) in [6.07, 6.45) is -0.159. The molecule has 0 aromatic heterocycles. The fourth-order valence-corrected chi connectivity index (χ4v) is 1.63. The van der Waals surface area contributed by atoms with E-state index in [-0.39, 0.29) is 36.2 Å². The van der Waals surface area contributed by atoms with Gasteiger partial charge in [0.2, 0.25) is 11.8 Å². The molecular weight excluding hydrogens is 270 g/mol. The van der Waals surface area contributed by atoms with Gasteiger partial charge in [0.15, 0.2) is 0 Å². The molecule has 1 aliphatic rings. The lowest BCUT2D eigenvalue weighted by atomic mass is 10.1. The van der Waals surface area contributed by atoms with Crippen molar-refractivity contribution in [1.29, 1.82) is 0 Å². The van der Waals surface area contributed by atoms with Gasteiger partial charge in [0.25, 0.3) is 0 Å². The zero-order valence-electron chi connectivity index (χ0n) is 11.7. The molecule has 1 heterocycles. The number of amides is 2. The quantitative estimate of drug-likeness (QED) is 0.672. The van der Waals surface area contributed by atoms with Gasteiger partial charge in [-0.25, -0.2) is 0 Å². The Kier molecular flexibility index (Phi) is 7.97. The topological polar surface area (TPSA) is 79.5 Å². The van der Waals surface area contributed by atoms with Crippen LogP contribution in [0.5, 0.6) is 0 Å². The van der Waals surface area contributed by atoms with Gasteiger partial charge in [-0.15, -0.1) is 12.4 Å². The normalized spacial score (nSPS) is 19.2. The SMILES string of the molecule is CC(C)(C)NC(=O)CCNC(=O)C1CNCCO1.Cl. The summed E-state index contributed by atoms with van der Waals surface area (Å²) in [6.45, 7) is 7.95. The second-order valence-electron chi connectivity index (χ2n) is 5.40. The molecule has 0 aliphatic carbocycles. The highest BCUT2D eigenvalue weighted by Gasteiger charge is 2.21. The van der Waals surface area contributed by atoms with Crippen LogP contribution in [-0.2, 0) is 14.3 Å². The maximum Gasteiger partial charge on any atom is 0.250 e. The number of carbonyl (C=O) groups excluding carboxylic acids is 2. The fraction of sp³-hybridized carbons (Fsp3) is 0.833. The van der Waals surface area contributed by atoms with E-state index in [0.29, 0.717) is 19.7 Å². The Labute approximate surface area is 120 Å². The molecule has 0 bridgehead atoms. The van der Waals surface area contributed by atoms with Crippen LogP contribution in [0.25, 0.3) is 0 Å². The Balaban J connectivity index is 0.00000324. The molecule has 2 amide bonds. The van der Waals surface area contributed by atoms with Crippen molar-refractivity contribution in [2.24, 2.45) is 0 Å². The van der Waals surface area contributed by atoms with E-state index in [1.165, 1.54) is 0 Å². The lowest BCUT2D eigenvalue weighted by Crippen LogP contribution is -2.48. The number of rotatable bonds is 4. The molecule has 0 radical (unpaired) electrons. The highest BCUT2D eigenvalue weighted by Crippen LogP contribution is 1.99. The van der Waals surface area contributed by atoms with Gasteiger partial charge in [0.1, 0.15) is 6.10 Å². The van der Waals surface area contributed by atoms with Gasteiger partial charge >= 0.3 is 0 Å². The Morgan fingerprint density at radius 1 is 1.37 bits per heavy atom. The molecule has 1 saturated heterocycles. The van der Waals surface area contributed by atoms with Crippen molar-refractivity contribution in [2.45, 2.75) is 38.8 Å². The first-order valence-electron chi connectivity index (χ1n) is 6.29. The Hall–Kier alpha value is -0.850. The molecule has 1 rings (SSSR count). The van der Waals surface area contributed by atoms with Crippen LogP contribution in [0.2, 0.25) is 0 Å². The first kappa shape index (κ1) is 18.1. The molecular formula is C12H24ClN3O3. The lowest BCUT2D eigenvalue weighted by Gasteiger charge is -2.23. The van der Waals surface area contributed by atoms with Gasteiger partial charge in [-0.2, -0.15) is 0 Å². The van der Waals surface area contributed by atoms with Crippen LogP contribution < -0.4 is 16.0 Å². The number of ether oxygens (including phenoxy) is 1. The van der Waals surface area contributed by atoms with Gasteiger partial charge in [-0.1, -0.05) is 0 Å². The number of carbonyl (C=O) groups is 2. The van der Waals surface area contributed by atoms with Gasteiger partial charge in [0.05, 0.1) is 6.61 Å². The summed E-state index contributed by atoms with van der Waals surface area (Å²) in [5, 5.41) is 8.62. The maximum absolute atomic E-state index is 11.7. The summed E-state index contributed by atoms with van der Waals surface area (Å²) in [6, 6.07) is 0. The molecule has 6 nitrogen and oxygen atoms in total. The van der Waals surface area contributed by atoms with Crippen molar-refractivity contribution < 1.29 is 14.3 Å². The molecule has 0 saturated carbocycles. The van der Waals surface area contributed by atoms with Crippen LogP contribution >= 0.6 is 12.4 Å². The third-order valence-electron chi connectivity index (χ3n) is 2.39. The van der Waals surface area contributed by atoms with Crippen LogP contribution in [0.4, 0.5) is 0 Å². The molecule has 0 aromatic carbocycles. The molecule has 1 fully saturated rings. The third kappa shape index (κ3) is 8.02. The molecule has 112 valence electrons. The van der Waals surface area contributed by atoms with E-state index in [2.05, 4.69) is 16.0 Å². The van der Waals surface area contributed by atoms with Gasteiger partial charge in [0, 0.05) is 31.6 Å². The summed E-state index contributed by atoms with van der Waals surface area (Å²) >= 11 is 0. The predicted octanol–water partition coefficient (Wildman–Crippen LogP) is -0.182. The largest absolute Gasteiger partial charge is 0.366 e. The molecule has 7 heteroatoms. The minimum atomic E-state index is -0.440. The van der Waals surface area contributed by atoms with E-state index in [1.54, 1.807) is 0 Å². The second-order valence-corrected chi connectivity index (χ2v) is 5.40. The predicted molar refractivity (Wildman–Crippen MR) is 75.4 cm³/mol. The van der Waals surface area contributed by atoms with E-state index in [4.69, 9.17) is 4.74 Å². The first-order chi connectivity index (χ1) is 8.38. The Bertz CT molecular complexity index is 299. The van der Waals surface area contributed by atoms with Gasteiger partial charge in [-0.3, -0.25) is 9.59 Å². The molecule has 1 aliphatic heterocycles. The van der Waals surface area contributed by atoms with Gasteiger partial charge < -0.3 is 20.7 Å². The second kappa shape index (κ2) is 8.35. The highest BCUT2D eigenvalue weighted by molar-refractivity contribution is 5.85. The average molecular weight is 294 g/mol. The molecule has 0 spiro atoms. The zero-order chi connectivity index (χ0) is 13.6. The summed E-state index contributed by atoms with van der Waals surface area (Å²) in [5.74, 6) is -0.226. The monoisotopic (exact) mass is 293 g/mol. The summed E-state index contributed by atoms with van der Waals surface area (Å²) in [7, 11) is 0. The smallest absolute Gasteiger partial charge is 0.250 e. The standard InChI is InChI=1S/C12H23N3O3.ClH/c1-12(2,3)15-10(16)4-5-14-11(17)9-8-13-6-7-18-9;/h9,13H,4-8H2,1-3H3,(H,14,17)(H,15,16);1H. The number of hydrogen-bond donors (Lipinski definition) is 3. The molecule has 19 heavy (non-hydrogen) atoms. The van der Waals surface area contributed by atoms with Crippen molar-refractivity contribution in [2.75, 3.05) is 26.2 Å². The van der Waals surface area contributed by atoms with E-state index in [0.717, 1.165) is 6.54 Å². The number of nitrogens with one attached hydrogen (secondary N) is 3. The van der Waals surface area contributed by atoms with E-state index >= 15 is 0 Å². The number of morpholine rings is 1. The van der Waals surface area contributed by atoms with Crippen molar-refractivity contribution >= 4 is 24.2 Å². The minimum Gasteiger partial charge on any atom is -0.366 e. The van der Waals surface area contributed by atoms with Crippen LogP contribution in [0, 0.1) is 0 Å². The maximum atomic E-state index is 11.7. The van der Waals surface area contributed by atoms with Crippen molar-refractivity contribution in [3.05, 3.63) is 0 Å². The van der Waals surface area contributed by atoms with Crippen LogP contribution in [0.15, 0.2) is 0 Å². The molecule has 1 unspecified atom stereocenters. The van der Waals surface area contributed by atoms with Crippen LogP contribution in [0.3, 0.4) is 0 Å². The van der Waals surface area contributed by atoms with Crippen molar-refractivity contribution in [3.8, 4) is 0 Å². The first-order valence-corrected chi connectivity index (χ1v) is 6.29. The zero-order valence-corrected chi connectivity index (χ0v) is 12.6. The minimum absolute atomic E-state index is 0. The van der Waals surface area contributed by atoms with Crippen LogP contribution in [-0.4, -0.2) is 49.7 Å². The average Bonchev–Trinajstić information content (AvgIpc) is 2.27. The summed E-state index contributed by atoms with van der Waals surface area (Å²) < 4.78 is 5.30. The molecule has 3 N–H and O–H groups in total. The van der Waals surface area contributed by atoms with E-state index < -0.39 is 6.10 Å². The third-order valence-corrected chi connectivity index (χ3v) is 2.39.